The highest BCUT2D eigenvalue weighted by Gasteiger charge is 2.32. The molecule has 0 aromatic carbocycles. The summed E-state index contributed by atoms with van der Waals surface area (Å²) in [7, 11) is 0. The third-order valence-corrected chi connectivity index (χ3v) is 5.10. The fraction of sp³-hybridized carbons (Fsp3) is 0.444. The van der Waals surface area contributed by atoms with E-state index in [0.29, 0.717) is 5.69 Å². The zero-order valence-electron chi connectivity index (χ0n) is 14.7. The van der Waals surface area contributed by atoms with Crippen molar-refractivity contribution in [2.45, 2.75) is 52.8 Å². The van der Waals surface area contributed by atoms with Crippen molar-refractivity contribution in [1.82, 2.24) is 9.88 Å². The van der Waals surface area contributed by atoms with Gasteiger partial charge in [0.1, 0.15) is 0 Å². The van der Waals surface area contributed by atoms with Crippen LogP contribution < -0.4 is 10.9 Å². The Hall–Kier alpha value is -1.92. The molecule has 130 valence electrons. The summed E-state index contributed by atoms with van der Waals surface area (Å²) in [5, 5.41) is 13.4. The molecule has 0 aliphatic carbocycles. The van der Waals surface area contributed by atoms with Gasteiger partial charge in [-0.2, -0.15) is 0 Å². The average molecular weight is 348 g/mol. The lowest BCUT2D eigenvalue weighted by Crippen LogP contribution is -2.49. The Kier molecular flexibility index (Phi) is 5.30. The lowest BCUT2D eigenvalue weighted by Gasteiger charge is -2.26. The zero-order chi connectivity index (χ0) is 18.1. The van der Waals surface area contributed by atoms with Crippen LogP contribution in [0.15, 0.2) is 29.1 Å². The minimum absolute atomic E-state index is 0.0846. The summed E-state index contributed by atoms with van der Waals surface area (Å²) in [6, 6.07) is 6.69. The van der Waals surface area contributed by atoms with Gasteiger partial charge in [0.25, 0.3) is 11.5 Å². The van der Waals surface area contributed by atoms with E-state index in [1.54, 1.807) is 30.4 Å². The maximum Gasteiger partial charge on any atom is 0.254 e. The molecule has 0 spiro atoms. The van der Waals surface area contributed by atoms with Gasteiger partial charge in [-0.25, -0.2) is 0 Å². The van der Waals surface area contributed by atoms with Crippen molar-refractivity contribution in [3.63, 3.8) is 0 Å². The first-order valence-corrected chi connectivity index (χ1v) is 8.70. The Balaban J connectivity index is 2.15. The monoisotopic (exact) mass is 348 g/mol. The van der Waals surface area contributed by atoms with Gasteiger partial charge in [-0.05, 0) is 52.3 Å². The van der Waals surface area contributed by atoms with Crippen LogP contribution in [0.2, 0.25) is 0 Å². The van der Waals surface area contributed by atoms with Gasteiger partial charge < -0.3 is 15.0 Å². The van der Waals surface area contributed by atoms with E-state index in [4.69, 9.17) is 0 Å². The molecule has 2 rings (SSSR count). The third-order valence-electron chi connectivity index (χ3n) is 4.12. The lowest BCUT2D eigenvalue weighted by molar-refractivity contribution is -0.140. The van der Waals surface area contributed by atoms with Crippen molar-refractivity contribution in [3.8, 4) is 0 Å². The van der Waals surface area contributed by atoms with Crippen LogP contribution in [-0.4, -0.2) is 21.2 Å². The highest BCUT2D eigenvalue weighted by atomic mass is 32.1. The Labute approximate surface area is 146 Å². The van der Waals surface area contributed by atoms with Crippen LogP contribution >= 0.6 is 11.3 Å². The van der Waals surface area contributed by atoms with Gasteiger partial charge in [-0.1, -0.05) is 6.07 Å². The molecule has 2 atom stereocenters. The third kappa shape index (κ3) is 3.94. The number of hydrogen-bond donors (Lipinski definition) is 2. The van der Waals surface area contributed by atoms with E-state index in [2.05, 4.69) is 5.32 Å². The predicted molar refractivity (Wildman–Crippen MR) is 96.4 cm³/mol. The van der Waals surface area contributed by atoms with Crippen LogP contribution in [0, 0.1) is 20.8 Å². The first kappa shape index (κ1) is 18.4. The van der Waals surface area contributed by atoms with Gasteiger partial charge in [0.15, 0.2) is 5.60 Å². The Morgan fingerprint density at radius 3 is 2.58 bits per heavy atom. The fourth-order valence-corrected chi connectivity index (χ4v) is 3.74. The maximum atomic E-state index is 12.5. The van der Waals surface area contributed by atoms with Gasteiger partial charge in [0.05, 0.1) is 12.6 Å². The fourth-order valence-electron chi connectivity index (χ4n) is 2.72. The summed E-state index contributed by atoms with van der Waals surface area (Å²) >= 11 is 1.68. The minimum Gasteiger partial charge on any atom is -0.378 e. The standard InChI is InChI=1S/C18H24N2O3S/c1-11-7-6-8-16(21)20(11)10-18(5,23)17(22)19-13(3)15-9-12(2)24-14(15)4/h6-9,13,23H,10H2,1-5H3,(H,19,22)/t13-,18+/m1/s1. The number of carbonyl (C=O) groups excluding carboxylic acids is 1. The van der Waals surface area contributed by atoms with Crippen molar-refractivity contribution in [1.29, 1.82) is 0 Å². The molecule has 0 unspecified atom stereocenters. The second kappa shape index (κ2) is 6.91. The van der Waals surface area contributed by atoms with Crippen LogP contribution in [0.3, 0.4) is 0 Å². The largest absolute Gasteiger partial charge is 0.378 e. The predicted octanol–water partition coefficient (Wildman–Crippen LogP) is 2.46. The number of amides is 1. The normalized spacial score (nSPS) is 14.9. The number of nitrogens with zero attached hydrogens (tertiary/aromatic N) is 1. The molecule has 0 radical (unpaired) electrons. The molecule has 2 heterocycles. The van der Waals surface area contributed by atoms with Crippen molar-refractivity contribution in [3.05, 3.63) is 55.6 Å². The number of hydrogen-bond acceptors (Lipinski definition) is 4. The minimum atomic E-state index is -1.68. The molecule has 2 N–H and O–H groups in total. The highest BCUT2D eigenvalue weighted by Crippen LogP contribution is 2.26. The van der Waals surface area contributed by atoms with E-state index in [9.17, 15) is 14.7 Å². The van der Waals surface area contributed by atoms with Gasteiger partial charge >= 0.3 is 0 Å². The van der Waals surface area contributed by atoms with Gasteiger partial charge in [0, 0.05) is 21.5 Å². The summed E-state index contributed by atoms with van der Waals surface area (Å²) in [6.45, 7) is 9.05. The molecule has 0 bridgehead atoms. The smallest absolute Gasteiger partial charge is 0.254 e. The van der Waals surface area contributed by atoms with Crippen LogP contribution in [0.5, 0.6) is 0 Å². The van der Waals surface area contributed by atoms with Crippen LogP contribution in [0.25, 0.3) is 0 Å². The van der Waals surface area contributed by atoms with Gasteiger partial charge in [-0.3, -0.25) is 9.59 Å². The van der Waals surface area contributed by atoms with Crippen LogP contribution in [0.1, 0.15) is 40.9 Å². The SMILES string of the molecule is Cc1cc([C@@H](C)NC(=O)[C@@](C)(O)Cn2c(C)cccc2=O)c(C)s1. The topological polar surface area (TPSA) is 71.3 Å². The zero-order valence-corrected chi connectivity index (χ0v) is 15.5. The lowest BCUT2D eigenvalue weighted by atomic mass is 10.0. The molecule has 0 fully saturated rings. The van der Waals surface area contributed by atoms with Crippen LogP contribution in [0.4, 0.5) is 0 Å². The Morgan fingerprint density at radius 2 is 2.04 bits per heavy atom. The van der Waals surface area contributed by atoms with E-state index in [-0.39, 0.29) is 18.1 Å². The molecular weight excluding hydrogens is 324 g/mol. The number of aromatic nitrogens is 1. The van der Waals surface area contributed by atoms with Crippen LogP contribution in [-0.2, 0) is 11.3 Å². The molecule has 2 aromatic heterocycles. The second-order valence-electron chi connectivity index (χ2n) is 6.43. The van der Waals surface area contributed by atoms with E-state index >= 15 is 0 Å². The molecule has 0 aliphatic rings. The summed E-state index contributed by atoms with van der Waals surface area (Å²) in [6.07, 6.45) is 0. The van der Waals surface area contributed by atoms with Gasteiger partial charge in [-0.15, -0.1) is 11.3 Å². The van der Waals surface area contributed by atoms with Crippen molar-refractivity contribution < 1.29 is 9.90 Å². The van der Waals surface area contributed by atoms with E-state index < -0.39 is 11.5 Å². The molecule has 1 amide bonds. The molecule has 5 nitrogen and oxygen atoms in total. The van der Waals surface area contributed by atoms with Crippen molar-refractivity contribution in [2.24, 2.45) is 0 Å². The first-order valence-electron chi connectivity index (χ1n) is 7.88. The molecule has 0 aliphatic heterocycles. The van der Waals surface area contributed by atoms with E-state index in [1.807, 2.05) is 26.8 Å². The van der Waals surface area contributed by atoms with E-state index in [1.165, 1.54) is 22.4 Å². The molecule has 6 heteroatoms. The average Bonchev–Trinajstić information content (AvgIpc) is 2.82. The maximum absolute atomic E-state index is 12.5. The number of carbonyl (C=O) groups is 1. The number of aryl methyl sites for hydroxylation is 3. The van der Waals surface area contributed by atoms with Crippen molar-refractivity contribution >= 4 is 17.2 Å². The quantitative estimate of drug-likeness (QED) is 0.872. The molecule has 0 saturated carbocycles. The Morgan fingerprint density at radius 1 is 1.38 bits per heavy atom. The number of thiophene rings is 1. The summed E-state index contributed by atoms with van der Waals surface area (Å²) < 4.78 is 1.41. The molecule has 2 aromatic rings. The number of aliphatic hydroxyl groups is 1. The van der Waals surface area contributed by atoms with Crippen molar-refractivity contribution in [2.75, 3.05) is 0 Å². The second-order valence-corrected chi connectivity index (χ2v) is 7.89. The molecule has 0 saturated heterocycles. The van der Waals surface area contributed by atoms with Gasteiger partial charge in [0.2, 0.25) is 0 Å². The summed E-state index contributed by atoms with van der Waals surface area (Å²) in [5.41, 5.74) is -0.161. The molecular formula is C18H24N2O3S. The summed E-state index contributed by atoms with van der Waals surface area (Å²) in [5.74, 6) is -0.492. The van der Waals surface area contributed by atoms with E-state index in [0.717, 1.165) is 10.4 Å². The number of nitrogens with one attached hydrogen (secondary N) is 1. The summed E-state index contributed by atoms with van der Waals surface area (Å²) in [4.78, 5) is 26.8. The molecule has 24 heavy (non-hydrogen) atoms. The first-order chi connectivity index (χ1) is 11.1. The number of pyridine rings is 1. The number of rotatable bonds is 5. The Bertz CT molecular complexity index is 805. The highest BCUT2D eigenvalue weighted by molar-refractivity contribution is 7.12.